The summed E-state index contributed by atoms with van der Waals surface area (Å²) in [6, 6.07) is 1.41. The number of rotatable bonds is 2. The fourth-order valence-electron chi connectivity index (χ4n) is 1.04. The van der Waals surface area contributed by atoms with Gasteiger partial charge in [0.05, 0.1) is 11.8 Å². The molecule has 0 unspecified atom stereocenters. The second-order valence-corrected chi connectivity index (χ2v) is 6.38. The van der Waals surface area contributed by atoms with E-state index < -0.39 is 21.6 Å². The van der Waals surface area contributed by atoms with Crippen LogP contribution < -0.4 is 0 Å². The lowest BCUT2D eigenvalue weighted by Crippen LogP contribution is -2.23. The van der Waals surface area contributed by atoms with Gasteiger partial charge in [0.15, 0.2) is 0 Å². The van der Waals surface area contributed by atoms with Crippen LogP contribution in [0.2, 0.25) is 0 Å². The number of ether oxygens (including phenoxy) is 1. The van der Waals surface area contributed by atoms with Gasteiger partial charge in [0.25, 0.3) is 0 Å². The van der Waals surface area contributed by atoms with Gasteiger partial charge in [0, 0.05) is 12.4 Å². The molecule has 0 atom stereocenters. The molecule has 0 aliphatic carbocycles. The highest BCUT2D eigenvalue weighted by atomic mass is 32.2. The average Bonchev–Trinajstić information content (AvgIpc) is 2.46. The molecule has 1 aromatic rings. The van der Waals surface area contributed by atoms with Gasteiger partial charge in [-0.05, 0) is 26.8 Å². The van der Waals surface area contributed by atoms with Gasteiger partial charge in [-0.3, -0.25) is 3.97 Å². The van der Waals surface area contributed by atoms with Crippen molar-refractivity contribution in [3.63, 3.8) is 0 Å². The molecule has 0 N–H and O–H groups in total. The zero-order valence-corrected chi connectivity index (χ0v) is 10.5. The van der Waals surface area contributed by atoms with E-state index in [-0.39, 0.29) is 5.56 Å². The Hall–Kier alpha value is -1.30. The highest BCUT2D eigenvalue weighted by Gasteiger charge is 2.19. The summed E-state index contributed by atoms with van der Waals surface area (Å²) in [6.07, 6.45) is 3.61. The van der Waals surface area contributed by atoms with Crippen LogP contribution in [0.3, 0.4) is 0 Å². The molecule has 0 aliphatic rings. The van der Waals surface area contributed by atoms with Gasteiger partial charge in [-0.2, -0.15) is 0 Å². The lowest BCUT2D eigenvalue weighted by Gasteiger charge is -2.18. The number of aromatic nitrogens is 1. The van der Waals surface area contributed by atoms with Gasteiger partial charge in [-0.25, -0.2) is 13.2 Å². The Morgan fingerprint density at radius 2 is 1.94 bits per heavy atom. The van der Waals surface area contributed by atoms with Crippen LogP contribution in [-0.4, -0.2) is 30.2 Å². The normalized spacial score (nSPS) is 12.5. The van der Waals surface area contributed by atoms with E-state index in [2.05, 4.69) is 0 Å². The monoisotopic (exact) mass is 245 g/mol. The van der Waals surface area contributed by atoms with Gasteiger partial charge < -0.3 is 4.74 Å². The van der Waals surface area contributed by atoms with Crippen molar-refractivity contribution in [1.29, 1.82) is 0 Å². The van der Waals surface area contributed by atoms with E-state index in [1.165, 1.54) is 18.5 Å². The van der Waals surface area contributed by atoms with Crippen LogP contribution in [0.4, 0.5) is 0 Å². The quantitative estimate of drug-likeness (QED) is 0.735. The van der Waals surface area contributed by atoms with Crippen molar-refractivity contribution in [1.82, 2.24) is 3.97 Å². The van der Waals surface area contributed by atoms with E-state index in [9.17, 15) is 13.2 Å². The molecular weight excluding hydrogens is 230 g/mol. The molecule has 5 nitrogen and oxygen atoms in total. The summed E-state index contributed by atoms with van der Waals surface area (Å²) >= 11 is 0. The summed E-state index contributed by atoms with van der Waals surface area (Å²) in [4.78, 5) is 11.6. The minimum absolute atomic E-state index is 0.223. The minimum Gasteiger partial charge on any atom is -0.456 e. The van der Waals surface area contributed by atoms with Crippen molar-refractivity contribution in [2.24, 2.45) is 0 Å². The van der Waals surface area contributed by atoms with Crippen LogP contribution in [0, 0.1) is 0 Å². The number of nitrogens with zero attached hydrogens (tertiary/aromatic N) is 1. The van der Waals surface area contributed by atoms with Crippen LogP contribution in [-0.2, 0) is 14.8 Å². The number of carbonyl (C=O) groups excluding carboxylic acids is 1. The second kappa shape index (κ2) is 3.93. The zero-order chi connectivity index (χ0) is 12.6. The first-order valence-corrected chi connectivity index (χ1v) is 6.56. The number of hydrogen-bond donors (Lipinski definition) is 0. The molecule has 0 bridgehead atoms. The maximum atomic E-state index is 11.6. The molecule has 6 heteroatoms. The maximum Gasteiger partial charge on any atom is 0.340 e. The molecule has 1 heterocycles. The predicted molar refractivity (Wildman–Crippen MR) is 59.8 cm³/mol. The number of hydrogen-bond acceptors (Lipinski definition) is 4. The van der Waals surface area contributed by atoms with Crippen LogP contribution in [0.15, 0.2) is 18.5 Å². The smallest absolute Gasteiger partial charge is 0.340 e. The SMILES string of the molecule is CC(C)(C)OC(=O)c1ccn(S(C)(=O)=O)c1. The van der Waals surface area contributed by atoms with E-state index in [1.807, 2.05) is 0 Å². The van der Waals surface area contributed by atoms with Crippen molar-refractivity contribution >= 4 is 16.0 Å². The lowest BCUT2D eigenvalue weighted by molar-refractivity contribution is 0.00697. The molecule has 0 saturated carbocycles. The predicted octanol–water partition coefficient (Wildman–Crippen LogP) is 1.25. The summed E-state index contributed by atoms with van der Waals surface area (Å²) in [5.41, 5.74) is -0.370. The summed E-state index contributed by atoms with van der Waals surface area (Å²) in [7, 11) is -3.35. The van der Waals surface area contributed by atoms with E-state index in [1.54, 1.807) is 20.8 Å². The van der Waals surface area contributed by atoms with E-state index in [4.69, 9.17) is 4.74 Å². The Kier molecular flexibility index (Phi) is 3.14. The Balaban J connectivity index is 2.92. The first kappa shape index (κ1) is 12.8. The fraction of sp³-hybridized carbons (Fsp3) is 0.500. The molecule has 0 radical (unpaired) electrons. The third-order valence-corrected chi connectivity index (χ3v) is 2.68. The minimum atomic E-state index is -3.35. The Labute approximate surface area is 95.1 Å². The van der Waals surface area contributed by atoms with Gasteiger partial charge >= 0.3 is 5.97 Å². The first-order valence-electron chi connectivity index (χ1n) is 4.71. The molecule has 1 rings (SSSR count). The molecule has 1 aromatic heterocycles. The summed E-state index contributed by atoms with van der Waals surface area (Å²) < 4.78 is 28.4. The fourth-order valence-corrected chi connectivity index (χ4v) is 1.63. The average molecular weight is 245 g/mol. The molecule has 0 aromatic carbocycles. The van der Waals surface area contributed by atoms with Crippen molar-refractivity contribution in [3.05, 3.63) is 24.0 Å². The van der Waals surface area contributed by atoms with Gasteiger partial charge in [0.1, 0.15) is 5.60 Å². The Bertz CT molecular complexity index is 493. The van der Waals surface area contributed by atoms with Gasteiger partial charge in [0.2, 0.25) is 10.0 Å². The molecule has 0 saturated heterocycles. The molecular formula is C10H15NO4S. The van der Waals surface area contributed by atoms with Crippen molar-refractivity contribution < 1.29 is 17.9 Å². The largest absolute Gasteiger partial charge is 0.456 e. The van der Waals surface area contributed by atoms with Gasteiger partial charge in [-0.1, -0.05) is 0 Å². The highest BCUT2D eigenvalue weighted by molar-refractivity contribution is 7.89. The Morgan fingerprint density at radius 1 is 1.38 bits per heavy atom. The van der Waals surface area contributed by atoms with Gasteiger partial charge in [-0.15, -0.1) is 0 Å². The molecule has 0 aliphatic heterocycles. The first-order chi connectivity index (χ1) is 7.09. The molecule has 90 valence electrons. The van der Waals surface area contributed by atoms with Crippen LogP contribution in [0.5, 0.6) is 0 Å². The van der Waals surface area contributed by atoms with Crippen LogP contribution in [0.1, 0.15) is 31.1 Å². The molecule has 0 fully saturated rings. The molecule has 0 amide bonds. The van der Waals surface area contributed by atoms with E-state index in [0.29, 0.717) is 0 Å². The third-order valence-electron chi connectivity index (χ3n) is 1.68. The number of carbonyl (C=O) groups is 1. The van der Waals surface area contributed by atoms with Crippen molar-refractivity contribution in [3.8, 4) is 0 Å². The molecule has 0 spiro atoms. The summed E-state index contributed by atoms with van der Waals surface area (Å²) in [5.74, 6) is -0.532. The van der Waals surface area contributed by atoms with Crippen molar-refractivity contribution in [2.75, 3.05) is 6.26 Å². The summed E-state index contributed by atoms with van der Waals surface area (Å²) in [5, 5.41) is 0. The highest BCUT2D eigenvalue weighted by Crippen LogP contribution is 2.12. The third kappa shape index (κ3) is 3.37. The lowest BCUT2D eigenvalue weighted by atomic mass is 10.2. The standard InChI is InChI=1S/C10H15NO4S/c1-10(2,3)15-9(12)8-5-6-11(7-8)16(4,13)14/h5-7H,1-4H3. The summed E-state index contributed by atoms with van der Waals surface area (Å²) in [6.45, 7) is 5.25. The topological polar surface area (TPSA) is 65.4 Å². The van der Waals surface area contributed by atoms with E-state index in [0.717, 1.165) is 10.2 Å². The Morgan fingerprint density at radius 3 is 2.31 bits per heavy atom. The second-order valence-electron chi connectivity index (χ2n) is 4.49. The van der Waals surface area contributed by atoms with Crippen LogP contribution in [0.25, 0.3) is 0 Å². The zero-order valence-electron chi connectivity index (χ0n) is 9.72. The van der Waals surface area contributed by atoms with Crippen molar-refractivity contribution in [2.45, 2.75) is 26.4 Å². The van der Waals surface area contributed by atoms with E-state index >= 15 is 0 Å². The maximum absolute atomic E-state index is 11.6. The van der Waals surface area contributed by atoms with Crippen LogP contribution >= 0.6 is 0 Å². The number of esters is 1. The molecule has 16 heavy (non-hydrogen) atoms.